The van der Waals surface area contributed by atoms with Crippen molar-refractivity contribution in [1.82, 2.24) is 0 Å². The van der Waals surface area contributed by atoms with Crippen LogP contribution in [0.25, 0.3) is 0 Å². The van der Waals surface area contributed by atoms with Gasteiger partial charge in [-0.25, -0.2) is 0 Å². The van der Waals surface area contributed by atoms with Crippen LogP contribution in [0.15, 0.2) is 46.9 Å². The Hall–Kier alpha value is -1.81. The van der Waals surface area contributed by atoms with E-state index >= 15 is 0 Å². The topological polar surface area (TPSA) is 55.1 Å². The zero-order valence-electron chi connectivity index (χ0n) is 11.3. The van der Waals surface area contributed by atoms with Crippen LogP contribution < -0.4 is 11.1 Å². The molecule has 0 aliphatic heterocycles. The largest absolute Gasteiger partial charge is 0.399 e. The summed E-state index contributed by atoms with van der Waals surface area (Å²) in [5, 5.41) is 2.94. The fraction of sp³-hybridized carbons (Fsp3) is 0.188. The summed E-state index contributed by atoms with van der Waals surface area (Å²) in [5.74, 6) is 0.0167. The average molecular weight is 333 g/mol. The Bertz CT molecular complexity index is 608. The van der Waals surface area contributed by atoms with Crippen LogP contribution in [0.1, 0.15) is 17.5 Å². The van der Waals surface area contributed by atoms with E-state index in [1.54, 1.807) is 0 Å². The Morgan fingerprint density at radius 3 is 2.60 bits per heavy atom. The van der Waals surface area contributed by atoms with E-state index in [1.807, 2.05) is 49.4 Å². The normalized spacial score (nSPS) is 10.3. The summed E-state index contributed by atoms with van der Waals surface area (Å²) in [6.45, 7) is 1.97. The zero-order chi connectivity index (χ0) is 14.5. The molecule has 2 rings (SSSR count). The third-order valence-electron chi connectivity index (χ3n) is 3.09. The van der Waals surface area contributed by atoms with Gasteiger partial charge in [-0.15, -0.1) is 0 Å². The quantitative estimate of drug-likeness (QED) is 0.834. The number of aryl methyl sites for hydroxylation is 2. The number of rotatable bonds is 4. The lowest BCUT2D eigenvalue weighted by atomic mass is 10.1. The molecule has 0 fully saturated rings. The molecule has 0 heterocycles. The number of amides is 1. The molecule has 2 aromatic carbocycles. The first-order chi connectivity index (χ1) is 9.54. The van der Waals surface area contributed by atoms with Crippen LogP contribution in [-0.4, -0.2) is 5.91 Å². The molecule has 0 spiro atoms. The van der Waals surface area contributed by atoms with Gasteiger partial charge in [0.1, 0.15) is 0 Å². The number of benzene rings is 2. The van der Waals surface area contributed by atoms with E-state index in [4.69, 9.17) is 5.73 Å². The highest BCUT2D eigenvalue weighted by molar-refractivity contribution is 9.10. The van der Waals surface area contributed by atoms with Crippen molar-refractivity contribution in [1.29, 1.82) is 0 Å². The molecular formula is C16H17BrN2O. The van der Waals surface area contributed by atoms with Crippen molar-refractivity contribution >= 4 is 33.2 Å². The minimum Gasteiger partial charge on any atom is -0.399 e. The minimum atomic E-state index is 0.0167. The van der Waals surface area contributed by atoms with Crippen molar-refractivity contribution in [2.45, 2.75) is 19.8 Å². The summed E-state index contributed by atoms with van der Waals surface area (Å²) in [4.78, 5) is 12.0. The predicted octanol–water partition coefficient (Wildman–Crippen LogP) is 3.91. The van der Waals surface area contributed by atoms with Crippen molar-refractivity contribution in [3.8, 4) is 0 Å². The Labute approximate surface area is 127 Å². The summed E-state index contributed by atoms with van der Waals surface area (Å²) in [6.07, 6.45) is 1.16. The van der Waals surface area contributed by atoms with Crippen molar-refractivity contribution < 1.29 is 4.79 Å². The molecule has 2 aromatic rings. The van der Waals surface area contributed by atoms with E-state index in [9.17, 15) is 4.79 Å². The molecular weight excluding hydrogens is 316 g/mol. The van der Waals surface area contributed by atoms with Gasteiger partial charge in [0, 0.05) is 22.3 Å². The van der Waals surface area contributed by atoms with E-state index in [0.29, 0.717) is 12.8 Å². The second-order valence-corrected chi connectivity index (χ2v) is 5.66. The number of nitrogens with two attached hydrogens (primary N) is 1. The summed E-state index contributed by atoms with van der Waals surface area (Å²) < 4.78 is 0.955. The van der Waals surface area contributed by atoms with Crippen LogP contribution >= 0.6 is 15.9 Å². The third kappa shape index (κ3) is 4.10. The summed E-state index contributed by atoms with van der Waals surface area (Å²) in [7, 11) is 0. The van der Waals surface area contributed by atoms with Crippen LogP contribution in [-0.2, 0) is 11.2 Å². The van der Waals surface area contributed by atoms with Gasteiger partial charge in [-0.05, 0) is 48.7 Å². The van der Waals surface area contributed by atoms with Crippen molar-refractivity contribution in [2.75, 3.05) is 11.1 Å². The molecule has 0 unspecified atom stereocenters. The van der Waals surface area contributed by atoms with Gasteiger partial charge in [-0.3, -0.25) is 4.79 Å². The lowest BCUT2D eigenvalue weighted by Crippen LogP contribution is -2.13. The Balaban J connectivity index is 1.92. The number of hydrogen-bond donors (Lipinski definition) is 2. The predicted molar refractivity (Wildman–Crippen MR) is 86.7 cm³/mol. The Morgan fingerprint density at radius 2 is 1.90 bits per heavy atom. The average Bonchev–Trinajstić information content (AvgIpc) is 2.42. The van der Waals surface area contributed by atoms with Gasteiger partial charge in [0.2, 0.25) is 5.91 Å². The third-order valence-corrected chi connectivity index (χ3v) is 3.59. The van der Waals surface area contributed by atoms with Crippen LogP contribution in [0.3, 0.4) is 0 Å². The van der Waals surface area contributed by atoms with Gasteiger partial charge in [-0.1, -0.05) is 34.1 Å². The van der Waals surface area contributed by atoms with Gasteiger partial charge < -0.3 is 11.1 Å². The molecule has 0 bridgehead atoms. The number of anilines is 2. The second-order valence-electron chi connectivity index (χ2n) is 4.75. The number of halogens is 1. The van der Waals surface area contributed by atoms with Gasteiger partial charge >= 0.3 is 0 Å². The zero-order valence-corrected chi connectivity index (χ0v) is 12.9. The first-order valence-electron chi connectivity index (χ1n) is 6.45. The summed E-state index contributed by atoms with van der Waals surface area (Å²) >= 11 is 3.41. The number of nitrogens with one attached hydrogen (secondary N) is 1. The number of carbonyl (C=O) groups is 1. The molecule has 0 aromatic heterocycles. The molecule has 0 saturated heterocycles. The summed E-state index contributed by atoms with van der Waals surface area (Å²) in [6, 6.07) is 13.5. The highest BCUT2D eigenvalue weighted by Crippen LogP contribution is 2.21. The molecule has 0 saturated carbocycles. The van der Waals surface area contributed by atoms with E-state index in [1.165, 1.54) is 0 Å². The number of nitrogen functional groups attached to an aromatic ring is 1. The highest BCUT2D eigenvalue weighted by Gasteiger charge is 2.06. The van der Waals surface area contributed by atoms with Crippen LogP contribution in [0, 0.1) is 6.92 Å². The van der Waals surface area contributed by atoms with Gasteiger partial charge in [0.05, 0.1) is 0 Å². The van der Waals surface area contributed by atoms with E-state index in [0.717, 1.165) is 27.0 Å². The number of hydrogen-bond acceptors (Lipinski definition) is 2. The van der Waals surface area contributed by atoms with Gasteiger partial charge in [-0.2, -0.15) is 0 Å². The van der Waals surface area contributed by atoms with Crippen LogP contribution in [0.2, 0.25) is 0 Å². The highest BCUT2D eigenvalue weighted by atomic mass is 79.9. The molecule has 0 radical (unpaired) electrons. The van der Waals surface area contributed by atoms with Crippen LogP contribution in [0.5, 0.6) is 0 Å². The Morgan fingerprint density at radius 1 is 1.20 bits per heavy atom. The van der Waals surface area contributed by atoms with E-state index in [2.05, 4.69) is 21.2 Å². The maximum atomic E-state index is 12.0. The first-order valence-corrected chi connectivity index (χ1v) is 7.24. The Kier molecular flexibility index (Phi) is 4.79. The molecule has 0 aliphatic carbocycles. The summed E-state index contributed by atoms with van der Waals surface area (Å²) in [5.41, 5.74) is 9.38. The SMILES string of the molecule is Cc1ccc(Br)cc1NC(=O)CCc1ccc(N)cc1. The molecule has 3 nitrogen and oxygen atoms in total. The molecule has 0 atom stereocenters. The molecule has 1 amide bonds. The van der Waals surface area contributed by atoms with Crippen molar-refractivity contribution in [3.05, 3.63) is 58.1 Å². The molecule has 104 valence electrons. The molecule has 0 aliphatic rings. The minimum absolute atomic E-state index is 0.0167. The van der Waals surface area contributed by atoms with Gasteiger partial charge in [0.15, 0.2) is 0 Å². The lowest BCUT2D eigenvalue weighted by molar-refractivity contribution is -0.116. The first kappa shape index (κ1) is 14.6. The fourth-order valence-electron chi connectivity index (χ4n) is 1.88. The maximum Gasteiger partial charge on any atom is 0.224 e. The smallest absolute Gasteiger partial charge is 0.224 e. The van der Waals surface area contributed by atoms with E-state index in [-0.39, 0.29) is 5.91 Å². The lowest BCUT2D eigenvalue weighted by Gasteiger charge is -2.09. The monoisotopic (exact) mass is 332 g/mol. The van der Waals surface area contributed by atoms with Crippen molar-refractivity contribution in [2.24, 2.45) is 0 Å². The van der Waals surface area contributed by atoms with Crippen molar-refractivity contribution in [3.63, 3.8) is 0 Å². The fourth-order valence-corrected chi connectivity index (χ4v) is 2.24. The van der Waals surface area contributed by atoms with E-state index < -0.39 is 0 Å². The number of carbonyl (C=O) groups excluding carboxylic acids is 1. The molecule has 20 heavy (non-hydrogen) atoms. The molecule has 4 heteroatoms. The standard InChI is InChI=1S/C16H17BrN2O/c1-11-2-6-13(17)10-15(11)19-16(20)9-5-12-3-7-14(18)8-4-12/h2-4,6-8,10H,5,9,18H2,1H3,(H,19,20). The molecule has 3 N–H and O–H groups in total. The van der Waals surface area contributed by atoms with Gasteiger partial charge in [0.25, 0.3) is 0 Å². The maximum absolute atomic E-state index is 12.0. The van der Waals surface area contributed by atoms with Crippen LogP contribution in [0.4, 0.5) is 11.4 Å². The second kappa shape index (κ2) is 6.57.